The third-order valence-corrected chi connectivity index (χ3v) is 5.51. The molecule has 0 aliphatic carbocycles. The van der Waals surface area contributed by atoms with Crippen molar-refractivity contribution >= 4 is 22.6 Å². The van der Waals surface area contributed by atoms with E-state index in [4.69, 9.17) is 4.98 Å². The molecule has 1 aromatic carbocycles. The molecule has 5 nitrogen and oxygen atoms in total. The van der Waals surface area contributed by atoms with E-state index >= 15 is 0 Å². The van der Waals surface area contributed by atoms with Gasteiger partial charge in [-0.2, -0.15) is 4.37 Å². The SMILES string of the molecule is CCCN(CCC)C(=O)CCN(c1nc(Cc2ccc(C)cc2)ns1)C(C)C. The fourth-order valence-corrected chi connectivity index (χ4v) is 4.02. The molecule has 0 radical (unpaired) electrons. The number of carbonyl (C=O) groups excluding carboxylic acids is 1. The summed E-state index contributed by atoms with van der Waals surface area (Å²) >= 11 is 1.43. The van der Waals surface area contributed by atoms with Crippen LogP contribution in [-0.4, -0.2) is 45.8 Å². The van der Waals surface area contributed by atoms with Crippen LogP contribution in [0.4, 0.5) is 5.13 Å². The van der Waals surface area contributed by atoms with E-state index in [0.29, 0.717) is 13.0 Å². The van der Waals surface area contributed by atoms with Gasteiger partial charge in [0.2, 0.25) is 11.0 Å². The Labute approximate surface area is 173 Å². The molecule has 1 amide bonds. The largest absolute Gasteiger partial charge is 0.344 e. The molecule has 0 unspecified atom stereocenters. The highest BCUT2D eigenvalue weighted by atomic mass is 32.1. The van der Waals surface area contributed by atoms with E-state index in [1.54, 1.807) is 0 Å². The van der Waals surface area contributed by atoms with Gasteiger partial charge in [0, 0.05) is 50.1 Å². The summed E-state index contributed by atoms with van der Waals surface area (Å²) in [5, 5.41) is 0.905. The maximum atomic E-state index is 12.6. The van der Waals surface area contributed by atoms with Crippen molar-refractivity contribution in [2.45, 2.75) is 66.3 Å². The van der Waals surface area contributed by atoms with E-state index in [1.807, 2.05) is 4.90 Å². The van der Waals surface area contributed by atoms with E-state index < -0.39 is 0 Å². The van der Waals surface area contributed by atoms with Gasteiger partial charge in [-0.25, -0.2) is 4.98 Å². The van der Waals surface area contributed by atoms with Crippen LogP contribution in [0.2, 0.25) is 0 Å². The van der Waals surface area contributed by atoms with E-state index in [9.17, 15) is 4.79 Å². The second-order valence-corrected chi connectivity index (χ2v) is 8.30. The number of nitrogens with zero attached hydrogens (tertiary/aromatic N) is 4. The molecule has 6 heteroatoms. The predicted molar refractivity (Wildman–Crippen MR) is 118 cm³/mol. The quantitative estimate of drug-likeness (QED) is 0.547. The summed E-state index contributed by atoms with van der Waals surface area (Å²) in [5.41, 5.74) is 2.47. The van der Waals surface area contributed by atoms with E-state index in [1.165, 1.54) is 22.7 Å². The van der Waals surface area contributed by atoms with Crippen LogP contribution in [0.5, 0.6) is 0 Å². The number of aryl methyl sites for hydroxylation is 1. The number of hydrogen-bond donors (Lipinski definition) is 0. The summed E-state index contributed by atoms with van der Waals surface area (Å²) < 4.78 is 4.55. The van der Waals surface area contributed by atoms with Gasteiger partial charge in [-0.15, -0.1) is 0 Å². The van der Waals surface area contributed by atoms with Crippen molar-refractivity contribution in [3.63, 3.8) is 0 Å². The normalized spacial score (nSPS) is 11.1. The second-order valence-electron chi connectivity index (χ2n) is 7.57. The average molecular weight is 403 g/mol. The van der Waals surface area contributed by atoms with Gasteiger partial charge in [0.05, 0.1) is 0 Å². The van der Waals surface area contributed by atoms with E-state index in [-0.39, 0.29) is 11.9 Å². The molecule has 2 aromatic rings. The Kier molecular flexibility index (Phi) is 8.90. The fourth-order valence-electron chi connectivity index (χ4n) is 3.17. The molecule has 2 rings (SSSR count). The third kappa shape index (κ3) is 6.59. The number of carbonyl (C=O) groups is 1. The minimum absolute atomic E-state index is 0.235. The molecule has 0 spiro atoms. The zero-order valence-electron chi connectivity index (χ0n) is 17.9. The molecule has 28 heavy (non-hydrogen) atoms. The Morgan fingerprint density at radius 2 is 1.71 bits per heavy atom. The van der Waals surface area contributed by atoms with Crippen molar-refractivity contribution in [1.82, 2.24) is 14.3 Å². The highest BCUT2D eigenvalue weighted by molar-refractivity contribution is 7.09. The molecule has 0 aliphatic rings. The lowest BCUT2D eigenvalue weighted by atomic mass is 10.1. The fraction of sp³-hybridized carbons (Fsp3) is 0.591. The molecular weight excluding hydrogens is 368 g/mol. The molecule has 0 atom stereocenters. The minimum Gasteiger partial charge on any atom is -0.344 e. The molecule has 154 valence electrons. The first-order valence-corrected chi connectivity index (χ1v) is 11.1. The van der Waals surface area contributed by atoms with Crippen LogP contribution >= 0.6 is 11.5 Å². The standard InChI is InChI=1S/C22H34N4OS/c1-6-13-25(14-7-2)21(27)12-15-26(17(3)4)22-23-20(24-28-22)16-19-10-8-18(5)9-11-19/h8-11,17H,6-7,12-16H2,1-5H3. The Balaban J connectivity index is 2.00. The van der Waals surface area contributed by atoms with Crippen molar-refractivity contribution in [3.8, 4) is 0 Å². The summed E-state index contributed by atoms with van der Waals surface area (Å²) in [6, 6.07) is 8.77. The Morgan fingerprint density at radius 3 is 2.29 bits per heavy atom. The first kappa shape index (κ1) is 22.3. The van der Waals surface area contributed by atoms with Crippen LogP contribution in [0, 0.1) is 6.92 Å². The molecule has 1 aromatic heterocycles. The van der Waals surface area contributed by atoms with Crippen molar-refractivity contribution in [2.24, 2.45) is 0 Å². The zero-order chi connectivity index (χ0) is 20.5. The van der Waals surface area contributed by atoms with Crippen LogP contribution in [0.1, 0.15) is 63.9 Å². The number of anilines is 1. The average Bonchev–Trinajstić information content (AvgIpc) is 3.11. The van der Waals surface area contributed by atoms with E-state index in [0.717, 1.165) is 43.3 Å². The molecule has 0 saturated carbocycles. The van der Waals surface area contributed by atoms with Crippen molar-refractivity contribution in [1.29, 1.82) is 0 Å². The van der Waals surface area contributed by atoms with Crippen LogP contribution in [-0.2, 0) is 11.2 Å². The van der Waals surface area contributed by atoms with Gasteiger partial charge >= 0.3 is 0 Å². The summed E-state index contributed by atoms with van der Waals surface area (Å²) in [4.78, 5) is 21.6. The minimum atomic E-state index is 0.235. The molecule has 0 aliphatic heterocycles. The molecule has 1 heterocycles. The topological polar surface area (TPSA) is 49.3 Å². The lowest BCUT2D eigenvalue weighted by molar-refractivity contribution is -0.131. The number of aromatic nitrogens is 2. The highest BCUT2D eigenvalue weighted by Crippen LogP contribution is 2.22. The summed E-state index contributed by atoms with van der Waals surface area (Å²) in [5.74, 6) is 1.08. The molecule has 0 saturated heterocycles. The van der Waals surface area contributed by atoms with Crippen LogP contribution in [0.25, 0.3) is 0 Å². The Hall–Kier alpha value is -1.95. The van der Waals surface area contributed by atoms with Gasteiger partial charge in [-0.3, -0.25) is 4.79 Å². The Bertz CT molecular complexity index is 720. The van der Waals surface area contributed by atoms with Crippen molar-refractivity contribution in [3.05, 3.63) is 41.2 Å². The Morgan fingerprint density at radius 1 is 1.07 bits per heavy atom. The smallest absolute Gasteiger partial charge is 0.224 e. The van der Waals surface area contributed by atoms with Crippen LogP contribution in [0.3, 0.4) is 0 Å². The number of rotatable bonds is 11. The summed E-state index contributed by atoms with van der Waals surface area (Å²) in [6.45, 7) is 13.0. The molecule has 0 N–H and O–H groups in total. The molecule has 0 bridgehead atoms. The predicted octanol–water partition coefficient (Wildman–Crippen LogP) is 4.69. The van der Waals surface area contributed by atoms with Gasteiger partial charge in [0.15, 0.2) is 0 Å². The van der Waals surface area contributed by atoms with Crippen LogP contribution in [0.15, 0.2) is 24.3 Å². The third-order valence-electron chi connectivity index (χ3n) is 4.72. The molecule has 0 fully saturated rings. The summed E-state index contributed by atoms with van der Waals surface area (Å²) in [6.07, 6.45) is 3.25. The lowest BCUT2D eigenvalue weighted by Crippen LogP contribution is -2.38. The van der Waals surface area contributed by atoms with Gasteiger partial charge < -0.3 is 9.80 Å². The second kappa shape index (κ2) is 11.1. The zero-order valence-corrected chi connectivity index (χ0v) is 18.8. The van der Waals surface area contributed by atoms with Gasteiger partial charge in [0.1, 0.15) is 5.82 Å². The molecular formula is C22H34N4OS. The van der Waals surface area contributed by atoms with Crippen molar-refractivity contribution in [2.75, 3.05) is 24.5 Å². The van der Waals surface area contributed by atoms with Gasteiger partial charge in [-0.1, -0.05) is 43.7 Å². The maximum absolute atomic E-state index is 12.6. The number of amides is 1. The van der Waals surface area contributed by atoms with Gasteiger partial charge in [-0.05, 0) is 39.2 Å². The number of hydrogen-bond acceptors (Lipinski definition) is 5. The lowest BCUT2D eigenvalue weighted by Gasteiger charge is -2.27. The monoisotopic (exact) mass is 402 g/mol. The first-order valence-electron chi connectivity index (χ1n) is 10.4. The van der Waals surface area contributed by atoms with Crippen LogP contribution < -0.4 is 4.90 Å². The van der Waals surface area contributed by atoms with Gasteiger partial charge in [0.25, 0.3) is 0 Å². The van der Waals surface area contributed by atoms with E-state index in [2.05, 4.69) is 68.2 Å². The summed E-state index contributed by atoms with van der Waals surface area (Å²) in [7, 11) is 0. The first-order chi connectivity index (χ1) is 13.4. The van der Waals surface area contributed by atoms with Crippen molar-refractivity contribution < 1.29 is 4.79 Å². The maximum Gasteiger partial charge on any atom is 0.224 e. The number of benzene rings is 1. The highest BCUT2D eigenvalue weighted by Gasteiger charge is 2.19.